The van der Waals surface area contributed by atoms with Crippen molar-refractivity contribution in [3.8, 4) is 0 Å². The number of nitrogens with zero attached hydrogens (tertiary/aromatic N) is 6. The Morgan fingerprint density at radius 2 is 1.80 bits per heavy atom. The van der Waals surface area contributed by atoms with Crippen molar-refractivity contribution in [3.63, 3.8) is 0 Å². The van der Waals surface area contributed by atoms with Gasteiger partial charge in [-0.1, -0.05) is 23.9 Å². The number of hydrogen-bond donors (Lipinski definition) is 0. The highest BCUT2D eigenvalue weighted by molar-refractivity contribution is 7.99. The van der Waals surface area contributed by atoms with Gasteiger partial charge < -0.3 is 14.7 Å². The van der Waals surface area contributed by atoms with E-state index in [0.717, 1.165) is 50.4 Å². The SMILES string of the molecule is Cc1cccc(N2CCN(C(=O)CSc3nnc(N4CCCC4)n3C3CC3)CC2)c1. The minimum Gasteiger partial charge on any atom is -0.368 e. The zero-order valence-corrected chi connectivity index (χ0v) is 18.5. The van der Waals surface area contributed by atoms with Crippen LogP contribution in [0, 0.1) is 6.92 Å². The average Bonchev–Trinajstić information content (AvgIpc) is 3.29. The van der Waals surface area contributed by atoms with Crippen LogP contribution < -0.4 is 9.80 Å². The fraction of sp³-hybridized carbons (Fsp3) is 0.591. The second-order valence-electron chi connectivity index (χ2n) is 8.57. The molecule has 1 aromatic carbocycles. The standard InChI is InChI=1S/C22H30N6OS/c1-17-5-4-6-19(15-17)25-11-13-26(14-12-25)20(29)16-30-22-24-23-21(27-9-2-3-10-27)28(22)18-7-8-18/h4-6,15,18H,2-3,7-14,16H2,1H3. The summed E-state index contributed by atoms with van der Waals surface area (Å²) in [4.78, 5) is 19.6. The molecule has 8 heteroatoms. The lowest BCUT2D eigenvalue weighted by Gasteiger charge is -2.36. The Morgan fingerprint density at radius 3 is 2.50 bits per heavy atom. The lowest BCUT2D eigenvalue weighted by Crippen LogP contribution is -2.49. The lowest BCUT2D eigenvalue weighted by molar-refractivity contribution is -0.128. The molecule has 3 fully saturated rings. The van der Waals surface area contributed by atoms with Crippen LogP contribution >= 0.6 is 11.8 Å². The van der Waals surface area contributed by atoms with Gasteiger partial charge in [-0.3, -0.25) is 9.36 Å². The van der Waals surface area contributed by atoms with Crippen LogP contribution in [-0.2, 0) is 4.79 Å². The van der Waals surface area contributed by atoms with E-state index < -0.39 is 0 Å². The van der Waals surface area contributed by atoms with Crippen LogP contribution in [0.5, 0.6) is 0 Å². The molecule has 0 atom stereocenters. The lowest BCUT2D eigenvalue weighted by atomic mass is 10.2. The van der Waals surface area contributed by atoms with Crippen molar-refractivity contribution >= 4 is 29.3 Å². The van der Waals surface area contributed by atoms with Gasteiger partial charge in [0.25, 0.3) is 0 Å². The molecule has 0 radical (unpaired) electrons. The molecule has 2 saturated heterocycles. The topological polar surface area (TPSA) is 57.5 Å². The average molecular weight is 427 g/mol. The number of anilines is 2. The van der Waals surface area contributed by atoms with E-state index in [9.17, 15) is 4.79 Å². The summed E-state index contributed by atoms with van der Waals surface area (Å²) < 4.78 is 2.29. The molecule has 160 valence electrons. The van der Waals surface area contributed by atoms with Gasteiger partial charge in [-0.25, -0.2) is 0 Å². The Kier molecular flexibility index (Phi) is 5.58. The second-order valence-corrected chi connectivity index (χ2v) is 9.52. The number of rotatable bonds is 6. The molecule has 2 aromatic rings. The van der Waals surface area contributed by atoms with Crippen LogP contribution in [0.4, 0.5) is 11.6 Å². The van der Waals surface area contributed by atoms with Crippen LogP contribution in [0.25, 0.3) is 0 Å². The highest BCUT2D eigenvalue weighted by Gasteiger charge is 2.33. The van der Waals surface area contributed by atoms with E-state index in [2.05, 4.69) is 55.8 Å². The molecule has 5 rings (SSSR count). The molecular formula is C22H30N6OS. The molecule has 1 amide bonds. The van der Waals surface area contributed by atoms with Crippen molar-refractivity contribution in [2.45, 2.75) is 43.8 Å². The minimum absolute atomic E-state index is 0.206. The third-order valence-corrected chi connectivity index (χ3v) is 7.20. The number of carbonyl (C=O) groups excluding carboxylic acids is 1. The van der Waals surface area contributed by atoms with Crippen molar-refractivity contribution in [1.29, 1.82) is 0 Å². The summed E-state index contributed by atoms with van der Waals surface area (Å²) in [6.45, 7) is 7.59. The van der Waals surface area contributed by atoms with E-state index in [1.807, 2.05) is 4.90 Å². The molecule has 30 heavy (non-hydrogen) atoms. The number of aromatic nitrogens is 3. The first-order valence-electron chi connectivity index (χ1n) is 11.1. The van der Waals surface area contributed by atoms with Crippen molar-refractivity contribution < 1.29 is 4.79 Å². The van der Waals surface area contributed by atoms with Gasteiger partial charge in [0.15, 0.2) is 5.16 Å². The van der Waals surface area contributed by atoms with Gasteiger partial charge in [0.05, 0.1) is 5.75 Å². The molecule has 0 spiro atoms. The summed E-state index contributed by atoms with van der Waals surface area (Å²) >= 11 is 1.55. The fourth-order valence-electron chi connectivity index (χ4n) is 4.41. The second kappa shape index (κ2) is 8.49. The van der Waals surface area contributed by atoms with Gasteiger partial charge >= 0.3 is 0 Å². The van der Waals surface area contributed by atoms with E-state index in [-0.39, 0.29) is 5.91 Å². The van der Waals surface area contributed by atoms with Crippen molar-refractivity contribution in [2.75, 3.05) is 54.8 Å². The van der Waals surface area contributed by atoms with Gasteiger partial charge in [0.1, 0.15) is 0 Å². The van der Waals surface area contributed by atoms with E-state index in [0.29, 0.717) is 11.8 Å². The van der Waals surface area contributed by atoms with E-state index in [1.54, 1.807) is 11.8 Å². The van der Waals surface area contributed by atoms with Crippen LogP contribution in [-0.4, -0.2) is 70.6 Å². The first kappa shape index (κ1) is 19.7. The number of carbonyl (C=O) groups is 1. The number of benzene rings is 1. The smallest absolute Gasteiger partial charge is 0.233 e. The maximum atomic E-state index is 12.8. The molecular weight excluding hydrogens is 396 g/mol. The van der Waals surface area contributed by atoms with Gasteiger partial charge in [0, 0.05) is 51.0 Å². The Hall–Kier alpha value is -2.22. The summed E-state index contributed by atoms with van der Waals surface area (Å²) in [6, 6.07) is 9.12. The summed E-state index contributed by atoms with van der Waals surface area (Å²) in [5, 5.41) is 9.85. The van der Waals surface area contributed by atoms with Crippen LogP contribution in [0.3, 0.4) is 0 Å². The minimum atomic E-state index is 0.206. The summed E-state index contributed by atoms with van der Waals surface area (Å²) in [5.41, 5.74) is 2.53. The summed E-state index contributed by atoms with van der Waals surface area (Å²) in [6.07, 6.45) is 4.85. The number of aryl methyl sites for hydroxylation is 1. The third-order valence-electron chi connectivity index (χ3n) is 6.27. The molecule has 3 aliphatic rings. The summed E-state index contributed by atoms with van der Waals surface area (Å²) in [7, 11) is 0. The highest BCUT2D eigenvalue weighted by Crippen LogP contribution is 2.41. The molecule has 2 aliphatic heterocycles. The van der Waals surface area contributed by atoms with Crippen molar-refractivity contribution in [1.82, 2.24) is 19.7 Å². The van der Waals surface area contributed by atoms with Crippen LogP contribution in [0.1, 0.15) is 37.3 Å². The van der Waals surface area contributed by atoms with E-state index in [1.165, 1.54) is 36.9 Å². The molecule has 1 saturated carbocycles. The Balaban J connectivity index is 1.17. The molecule has 0 unspecified atom stereocenters. The zero-order chi connectivity index (χ0) is 20.5. The molecule has 1 aliphatic carbocycles. The first-order chi connectivity index (χ1) is 14.7. The van der Waals surface area contributed by atoms with Crippen LogP contribution in [0.2, 0.25) is 0 Å². The van der Waals surface area contributed by atoms with Gasteiger partial charge in [-0.05, 0) is 50.3 Å². The zero-order valence-electron chi connectivity index (χ0n) is 17.7. The maximum absolute atomic E-state index is 12.8. The number of amides is 1. The maximum Gasteiger partial charge on any atom is 0.233 e. The molecule has 7 nitrogen and oxygen atoms in total. The molecule has 0 N–H and O–H groups in total. The number of piperazine rings is 1. The normalized spacial score (nSPS) is 19.6. The monoisotopic (exact) mass is 426 g/mol. The third kappa shape index (κ3) is 4.15. The molecule has 0 bridgehead atoms. The molecule has 3 heterocycles. The fourth-order valence-corrected chi connectivity index (χ4v) is 5.31. The Morgan fingerprint density at radius 1 is 1.03 bits per heavy atom. The van der Waals surface area contributed by atoms with Gasteiger partial charge in [-0.15, -0.1) is 10.2 Å². The Labute approximate surface area is 182 Å². The largest absolute Gasteiger partial charge is 0.368 e. The highest BCUT2D eigenvalue weighted by atomic mass is 32.2. The van der Waals surface area contributed by atoms with E-state index in [4.69, 9.17) is 0 Å². The number of hydrogen-bond acceptors (Lipinski definition) is 6. The van der Waals surface area contributed by atoms with Crippen LogP contribution in [0.15, 0.2) is 29.4 Å². The summed E-state index contributed by atoms with van der Waals surface area (Å²) in [5.74, 6) is 1.66. The van der Waals surface area contributed by atoms with E-state index >= 15 is 0 Å². The first-order valence-corrected chi connectivity index (χ1v) is 12.1. The predicted molar refractivity (Wildman–Crippen MR) is 120 cm³/mol. The van der Waals surface area contributed by atoms with Gasteiger partial charge in [-0.2, -0.15) is 0 Å². The molecule has 1 aromatic heterocycles. The van der Waals surface area contributed by atoms with Crippen molar-refractivity contribution in [3.05, 3.63) is 29.8 Å². The van der Waals surface area contributed by atoms with Crippen molar-refractivity contribution in [2.24, 2.45) is 0 Å². The van der Waals surface area contributed by atoms with Gasteiger partial charge in [0.2, 0.25) is 11.9 Å². The predicted octanol–water partition coefficient (Wildman–Crippen LogP) is 2.96. The quantitative estimate of drug-likeness (QED) is 0.662. The Bertz CT molecular complexity index is 897. The number of thioether (sulfide) groups is 1.